The molecule has 13 heteroatoms. The van der Waals surface area contributed by atoms with Crippen LogP contribution in [0.25, 0.3) is 28.0 Å². The number of piperazine rings is 1. The molecule has 1 saturated heterocycles. The summed E-state index contributed by atoms with van der Waals surface area (Å²) in [4.78, 5) is 42.5. The first-order valence-corrected chi connectivity index (χ1v) is 15.5. The van der Waals surface area contributed by atoms with E-state index in [9.17, 15) is 18.0 Å². The molecule has 10 nitrogen and oxygen atoms in total. The van der Waals surface area contributed by atoms with Crippen LogP contribution in [0.1, 0.15) is 19.4 Å². The molecule has 4 heterocycles. The summed E-state index contributed by atoms with van der Waals surface area (Å²) in [6.45, 7) is 8.22. The van der Waals surface area contributed by atoms with Crippen molar-refractivity contribution in [3.63, 3.8) is 0 Å². The molecule has 218 valence electrons. The lowest BCUT2D eigenvalue weighted by Gasteiger charge is -2.40. The number of carbonyl (C=O) groups excluding carboxylic acids is 1. The third kappa shape index (κ3) is 5.16. The molecular formula is C29H28ClFN6O4S. The van der Waals surface area contributed by atoms with Crippen molar-refractivity contribution < 1.29 is 17.6 Å². The van der Waals surface area contributed by atoms with E-state index in [0.717, 1.165) is 10.8 Å². The van der Waals surface area contributed by atoms with Crippen LogP contribution in [0.2, 0.25) is 5.02 Å². The molecule has 0 aliphatic carbocycles. The monoisotopic (exact) mass is 610 g/mol. The van der Waals surface area contributed by atoms with Crippen molar-refractivity contribution in [1.29, 1.82) is 0 Å². The molecule has 0 bridgehead atoms. The summed E-state index contributed by atoms with van der Waals surface area (Å²) in [5, 5.41) is 0.343. The van der Waals surface area contributed by atoms with Crippen LogP contribution in [0.5, 0.6) is 0 Å². The van der Waals surface area contributed by atoms with E-state index in [0.29, 0.717) is 31.6 Å². The van der Waals surface area contributed by atoms with Gasteiger partial charge in [0.25, 0.3) is 0 Å². The molecule has 0 N–H and O–H groups in total. The average Bonchev–Trinajstić information content (AvgIpc) is 2.96. The Bertz CT molecular complexity index is 1910. The molecule has 1 aliphatic heterocycles. The molecule has 1 aromatic carbocycles. The van der Waals surface area contributed by atoms with E-state index in [2.05, 4.69) is 21.5 Å². The van der Waals surface area contributed by atoms with Crippen LogP contribution in [0.4, 0.5) is 10.2 Å². The number of carbonyl (C=O) groups is 1. The number of benzene rings is 1. The molecule has 4 aromatic rings. The lowest BCUT2D eigenvalue weighted by molar-refractivity contribution is -0.126. The zero-order valence-electron chi connectivity index (χ0n) is 23.2. The van der Waals surface area contributed by atoms with Crippen LogP contribution in [-0.4, -0.2) is 70.7 Å². The fourth-order valence-electron chi connectivity index (χ4n) is 5.29. The molecule has 0 spiro atoms. The molecule has 0 radical (unpaired) electrons. The number of pyridine rings is 2. The highest BCUT2D eigenvalue weighted by Crippen LogP contribution is 2.35. The maximum absolute atomic E-state index is 15.9. The predicted molar refractivity (Wildman–Crippen MR) is 159 cm³/mol. The Labute approximate surface area is 247 Å². The zero-order valence-corrected chi connectivity index (χ0v) is 24.8. The minimum Gasteiger partial charge on any atom is -0.350 e. The Hall–Kier alpha value is -4.16. The molecule has 1 aliphatic rings. The molecule has 0 saturated carbocycles. The van der Waals surface area contributed by atoms with Gasteiger partial charge in [0.2, 0.25) is 5.91 Å². The van der Waals surface area contributed by atoms with Crippen molar-refractivity contribution >= 4 is 44.2 Å². The minimum atomic E-state index is -3.81. The molecule has 1 atom stereocenters. The number of anilines is 1. The van der Waals surface area contributed by atoms with Gasteiger partial charge in [-0.25, -0.2) is 27.2 Å². The van der Waals surface area contributed by atoms with Gasteiger partial charge in [-0.1, -0.05) is 37.2 Å². The molecular weight excluding hydrogens is 583 g/mol. The summed E-state index contributed by atoms with van der Waals surface area (Å²) < 4.78 is 42.8. The van der Waals surface area contributed by atoms with Crippen LogP contribution >= 0.6 is 11.6 Å². The highest BCUT2D eigenvalue weighted by atomic mass is 35.5. The normalized spacial score (nSPS) is 15.7. The molecule has 42 heavy (non-hydrogen) atoms. The van der Waals surface area contributed by atoms with Crippen LogP contribution in [0, 0.1) is 5.82 Å². The van der Waals surface area contributed by atoms with Crippen molar-refractivity contribution in [2.24, 2.45) is 0 Å². The highest BCUT2D eigenvalue weighted by molar-refractivity contribution is 7.90. The first-order valence-electron chi connectivity index (χ1n) is 13.2. The average molecular weight is 611 g/mol. The van der Waals surface area contributed by atoms with Gasteiger partial charge in [0.05, 0.1) is 21.0 Å². The van der Waals surface area contributed by atoms with Gasteiger partial charge in [-0.2, -0.15) is 4.98 Å². The number of hydrogen-bond donors (Lipinski definition) is 0. The number of hydrogen-bond acceptors (Lipinski definition) is 8. The summed E-state index contributed by atoms with van der Waals surface area (Å²) in [5.41, 5.74) is 0.0140. The Balaban J connectivity index is 1.86. The second-order valence-electron chi connectivity index (χ2n) is 10.0. The van der Waals surface area contributed by atoms with Gasteiger partial charge in [-0.15, -0.1) is 0 Å². The zero-order chi connectivity index (χ0) is 30.3. The number of sulfone groups is 1. The maximum atomic E-state index is 15.9. The third-order valence-electron chi connectivity index (χ3n) is 7.30. The standard InChI is InChI=1S/C29H28ClFN6O4S/c1-5-18-8-7-9-23(42(4,40)41)26(18)37-28-20(14-22(31)25(33-28)19-10-11-32-15-21(19)30)27(34-29(37)39)36-13-12-35(16-17(36)3)24(38)6-2/h6-11,14-15,17H,2,5,12-13,16H2,1,3-4H3/t17-/m0/s1. The fraction of sp³-hybridized carbons (Fsp3) is 0.276. The highest BCUT2D eigenvalue weighted by Gasteiger charge is 2.31. The SMILES string of the molecule is C=CC(=O)N1CCN(c2nc(=O)n(-c3c(CC)cccc3S(C)(=O)=O)c3nc(-c4ccncc4Cl)c(F)cc23)[C@@H](C)C1. The van der Waals surface area contributed by atoms with E-state index < -0.39 is 21.3 Å². The van der Waals surface area contributed by atoms with Crippen LogP contribution in [0.3, 0.4) is 0 Å². The number of rotatable bonds is 6. The van der Waals surface area contributed by atoms with Gasteiger partial charge in [-0.3, -0.25) is 9.78 Å². The second-order valence-corrected chi connectivity index (χ2v) is 12.4. The van der Waals surface area contributed by atoms with E-state index in [4.69, 9.17) is 11.6 Å². The van der Waals surface area contributed by atoms with E-state index in [1.54, 1.807) is 17.0 Å². The number of halogens is 2. The van der Waals surface area contributed by atoms with Gasteiger partial charge in [-0.05, 0) is 43.2 Å². The smallest absolute Gasteiger partial charge is 0.350 e. The lowest BCUT2D eigenvalue weighted by atomic mass is 10.1. The quantitative estimate of drug-likeness (QED) is 0.302. The number of aromatic nitrogens is 4. The summed E-state index contributed by atoms with van der Waals surface area (Å²) in [7, 11) is -3.81. The number of para-hydroxylation sites is 1. The largest absolute Gasteiger partial charge is 0.355 e. The summed E-state index contributed by atoms with van der Waals surface area (Å²) in [6, 6.07) is 7.19. The third-order valence-corrected chi connectivity index (χ3v) is 8.73. The summed E-state index contributed by atoms with van der Waals surface area (Å²) in [5.74, 6) is -0.756. The van der Waals surface area contributed by atoms with Crippen LogP contribution < -0.4 is 10.6 Å². The Kier molecular flexibility index (Phi) is 7.86. The second kappa shape index (κ2) is 11.3. The van der Waals surface area contributed by atoms with Crippen molar-refractivity contribution in [2.45, 2.75) is 31.2 Å². The number of fused-ring (bicyclic) bond motifs is 1. The predicted octanol–water partition coefficient (Wildman–Crippen LogP) is 3.82. The van der Waals surface area contributed by atoms with Gasteiger partial charge < -0.3 is 9.80 Å². The van der Waals surface area contributed by atoms with Crippen LogP contribution in [0.15, 0.2) is 65.1 Å². The molecule has 0 unspecified atom stereocenters. The first kappa shape index (κ1) is 29.3. The minimum absolute atomic E-state index is 0.0110. The van der Waals surface area contributed by atoms with Gasteiger partial charge >= 0.3 is 5.69 Å². The molecule has 1 fully saturated rings. The molecule has 1 amide bonds. The van der Waals surface area contributed by atoms with Gasteiger partial charge in [0, 0.05) is 49.9 Å². The van der Waals surface area contributed by atoms with Crippen molar-refractivity contribution in [3.8, 4) is 16.9 Å². The molecule has 3 aromatic heterocycles. The maximum Gasteiger partial charge on any atom is 0.355 e. The Morgan fingerprint density at radius 2 is 2.00 bits per heavy atom. The van der Waals surface area contributed by atoms with Crippen molar-refractivity contribution in [1.82, 2.24) is 24.4 Å². The van der Waals surface area contributed by atoms with E-state index in [1.807, 2.05) is 18.7 Å². The number of amides is 1. The van der Waals surface area contributed by atoms with E-state index >= 15 is 4.39 Å². The Morgan fingerprint density at radius 3 is 2.64 bits per heavy atom. The van der Waals surface area contributed by atoms with Crippen molar-refractivity contribution in [2.75, 3.05) is 30.8 Å². The fourth-order valence-corrected chi connectivity index (χ4v) is 6.40. The number of aryl methyl sites for hydroxylation is 1. The van der Waals surface area contributed by atoms with E-state index in [1.165, 1.54) is 36.7 Å². The van der Waals surface area contributed by atoms with E-state index in [-0.39, 0.29) is 55.7 Å². The topological polar surface area (TPSA) is 118 Å². The van der Waals surface area contributed by atoms with Gasteiger partial charge in [0.1, 0.15) is 17.3 Å². The molecule has 5 rings (SSSR count). The van der Waals surface area contributed by atoms with Gasteiger partial charge in [0.15, 0.2) is 15.5 Å². The van der Waals surface area contributed by atoms with Crippen molar-refractivity contribution in [3.05, 3.63) is 82.3 Å². The summed E-state index contributed by atoms with van der Waals surface area (Å²) >= 11 is 6.35. The summed E-state index contributed by atoms with van der Waals surface area (Å²) in [6.07, 6.45) is 5.49. The Morgan fingerprint density at radius 1 is 1.24 bits per heavy atom. The first-order chi connectivity index (χ1) is 20.0. The number of nitrogens with zero attached hydrogens (tertiary/aromatic N) is 6. The lowest BCUT2D eigenvalue weighted by Crippen LogP contribution is -2.54. The van der Waals surface area contributed by atoms with Crippen LogP contribution in [-0.2, 0) is 21.1 Å².